The molecule has 9 heteroatoms. The summed E-state index contributed by atoms with van der Waals surface area (Å²) in [4.78, 5) is 42.7. The Morgan fingerprint density at radius 1 is 0.927 bits per heavy atom. The first kappa shape index (κ1) is 26.7. The first-order valence-electron chi connectivity index (χ1n) is 13.1. The number of aromatic nitrogens is 1. The molecule has 7 nitrogen and oxygen atoms in total. The highest BCUT2D eigenvalue weighted by atomic mass is 32.2. The van der Waals surface area contributed by atoms with Crippen LogP contribution in [0.1, 0.15) is 11.1 Å². The van der Waals surface area contributed by atoms with Crippen LogP contribution in [-0.4, -0.2) is 34.5 Å². The maximum Gasteiger partial charge on any atom is 0.326 e. The lowest BCUT2D eigenvalue weighted by atomic mass is 10.0. The van der Waals surface area contributed by atoms with Gasteiger partial charge in [0.2, 0.25) is 5.91 Å². The van der Waals surface area contributed by atoms with Crippen molar-refractivity contribution >= 4 is 61.9 Å². The Balaban J connectivity index is 1.11. The van der Waals surface area contributed by atoms with Gasteiger partial charge < -0.3 is 5.32 Å². The van der Waals surface area contributed by atoms with Gasteiger partial charge in [-0.1, -0.05) is 54.2 Å². The lowest BCUT2D eigenvalue weighted by Gasteiger charge is -2.19. The fourth-order valence-corrected chi connectivity index (χ4v) is 6.57. The van der Waals surface area contributed by atoms with E-state index in [4.69, 9.17) is 4.98 Å². The number of nitrogens with zero attached hydrogens (tertiary/aromatic N) is 2. The number of rotatable bonds is 6. The molecule has 2 N–H and O–H groups in total. The molecule has 0 bridgehead atoms. The topological polar surface area (TPSA) is 91.4 Å². The van der Waals surface area contributed by atoms with E-state index in [0.717, 1.165) is 54.9 Å². The molecule has 1 aliphatic heterocycles. The zero-order valence-corrected chi connectivity index (χ0v) is 24.0. The van der Waals surface area contributed by atoms with Crippen LogP contribution in [-0.2, 0) is 11.2 Å². The molecule has 1 fully saturated rings. The second-order valence-corrected chi connectivity index (χ2v) is 12.1. The monoisotopic (exact) mass is 578 g/mol. The number of thioether (sulfide) groups is 1. The SMILES string of the molecule is Cc1ccc2nc(-c3ccc(NC(=O)N(C)c4cccc(-c5ccc(CC6SC(=O)NC6=O)cc5)c4)cc3)sc2c1. The van der Waals surface area contributed by atoms with E-state index in [0.29, 0.717) is 12.1 Å². The fraction of sp³-hybridized carbons (Fsp3) is 0.125. The van der Waals surface area contributed by atoms with E-state index in [9.17, 15) is 14.4 Å². The molecule has 204 valence electrons. The fourth-order valence-electron chi connectivity index (χ4n) is 4.65. The largest absolute Gasteiger partial charge is 0.326 e. The van der Waals surface area contributed by atoms with Crippen LogP contribution in [0, 0.1) is 6.92 Å². The highest BCUT2D eigenvalue weighted by Gasteiger charge is 2.31. The van der Waals surface area contributed by atoms with Gasteiger partial charge >= 0.3 is 6.03 Å². The van der Waals surface area contributed by atoms with Gasteiger partial charge in [0, 0.05) is 24.0 Å². The number of thiazole rings is 1. The quantitative estimate of drug-likeness (QED) is 0.218. The third kappa shape index (κ3) is 5.86. The summed E-state index contributed by atoms with van der Waals surface area (Å²) >= 11 is 2.69. The van der Waals surface area contributed by atoms with Crippen molar-refractivity contribution in [3.63, 3.8) is 0 Å². The smallest absolute Gasteiger partial charge is 0.308 e. The van der Waals surface area contributed by atoms with Crippen LogP contribution in [0.4, 0.5) is 21.0 Å². The Kier molecular flexibility index (Phi) is 7.30. The first-order valence-corrected chi connectivity index (χ1v) is 14.8. The van der Waals surface area contributed by atoms with Gasteiger partial charge in [0.25, 0.3) is 5.24 Å². The molecule has 0 aliphatic carbocycles. The first-order chi connectivity index (χ1) is 19.8. The second-order valence-electron chi connectivity index (χ2n) is 9.89. The van der Waals surface area contributed by atoms with Crippen molar-refractivity contribution in [2.45, 2.75) is 18.6 Å². The minimum atomic E-state index is -0.392. The van der Waals surface area contributed by atoms with E-state index < -0.39 is 5.25 Å². The molecule has 1 aliphatic rings. The third-order valence-corrected chi connectivity index (χ3v) is 8.99. The zero-order valence-electron chi connectivity index (χ0n) is 22.4. The van der Waals surface area contributed by atoms with Gasteiger partial charge in [-0.3, -0.25) is 19.8 Å². The molecule has 0 radical (unpaired) electrons. The molecule has 4 amide bonds. The minimum Gasteiger partial charge on any atom is -0.308 e. The number of hydrogen-bond acceptors (Lipinski definition) is 6. The van der Waals surface area contributed by atoms with Crippen molar-refractivity contribution in [3.8, 4) is 21.7 Å². The Hall–Kier alpha value is -4.47. The van der Waals surface area contributed by atoms with Gasteiger partial charge in [-0.25, -0.2) is 9.78 Å². The van der Waals surface area contributed by atoms with E-state index in [1.165, 1.54) is 5.56 Å². The number of amides is 4. The predicted octanol–water partition coefficient (Wildman–Crippen LogP) is 7.50. The Bertz CT molecular complexity index is 1780. The second kappa shape index (κ2) is 11.2. The number of aryl methyl sites for hydroxylation is 1. The highest BCUT2D eigenvalue weighted by molar-refractivity contribution is 8.15. The summed E-state index contributed by atoms with van der Waals surface area (Å²) in [6, 6.07) is 29.4. The molecule has 2 heterocycles. The molecule has 1 aromatic heterocycles. The number of benzene rings is 4. The Morgan fingerprint density at radius 3 is 2.41 bits per heavy atom. The number of urea groups is 1. The lowest BCUT2D eigenvalue weighted by Crippen LogP contribution is -2.31. The van der Waals surface area contributed by atoms with Crippen LogP contribution in [0.3, 0.4) is 0 Å². The van der Waals surface area contributed by atoms with E-state index in [1.807, 2.05) is 78.9 Å². The van der Waals surface area contributed by atoms with Crippen molar-refractivity contribution in [2.75, 3.05) is 17.3 Å². The number of fused-ring (bicyclic) bond motifs is 1. The number of imide groups is 1. The highest BCUT2D eigenvalue weighted by Crippen LogP contribution is 2.32. The average Bonchev–Trinajstić information content (AvgIpc) is 3.54. The van der Waals surface area contributed by atoms with Gasteiger partial charge in [-0.2, -0.15) is 0 Å². The van der Waals surface area contributed by atoms with Crippen LogP contribution >= 0.6 is 23.1 Å². The third-order valence-electron chi connectivity index (χ3n) is 6.94. The number of carbonyl (C=O) groups is 3. The predicted molar refractivity (Wildman–Crippen MR) is 168 cm³/mol. The average molecular weight is 579 g/mol. The van der Waals surface area contributed by atoms with E-state index in [-0.39, 0.29) is 17.2 Å². The molecule has 1 unspecified atom stereocenters. The molecule has 6 rings (SSSR count). The van der Waals surface area contributed by atoms with Gasteiger partial charge in [-0.05, 0) is 84.1 Å². The van der Waals surface area contributed by atoms with Crippen molar-refractivity contribution in [1.82, 2.24) is 10.3 Å². The standard InChI is InChI=1S/C32H26N4O3S2/c1-19-6-15-26-27(16-19)40-30(34-26)22-11-13-24(14-12-22)33-31(38)36(2)25-5-3-4-23(18-25)21-9-7-20(8-10-21)17-28-29(37)35-32(39)41-28/h3-16,18,28H,17H2,1-2H3,(H,33,38)(H,35,37,39). The summed E-state index contributed by atoms with van der Waals surface area (Å²) in [6.07, 6.45) is 0.493. The van der Waals surface area contributed by atoms with Crippen LogP contribution in [0.25, 0.3) is 31.9 Å². The van der Waals surface area contributed by atoms with Crippen LogP contribution in [0.2, 0.25) is 0 Å². The van der Waals surface area contributed by atoms with Crippen LogP contribution in [0.5, 0.6) is 0 Å². The molecule has 41 heavy (non-hydrogen) atoms. The molecule has 1 atom stereocenters. The van der Waals surface area contributed by atoms with E-state index in [1.54, 1.807) is 23.3 Å². The maximum atomic E-state index is 13.1. The van der Waals surface area contributed by atoms with Crippen molar-refractivity contribution < 1.29 is 14.4 Å². The van der Waals surface area contributed by atoms with E-state index in [2.05, 4.69) is 29.7 Å². The number of anilines is 2. The normalized spacial score (nSPS) is 14.7. The lowest BCUT2D eigenvalue weighted by molar-refractivity contribution is -0.118. The van der Waals surface area contributed by atoms with Crippen LogP contribution in [0.15, 0.2) is 91.0 Å². The summed E-state index contributed by atoms with van der Waals surface area (Å²) < 4.78 is 1.16. The van der Waals surface area contributed by atoms with E-state index >= 15 is 0 Å². The van der Waals surface area contributed by atoms with Crippen molar-refractivity contribution in [1.29, 1.82) is 0 Å². The zero-order chi connectivity index (χ0) is 28.5. The molecular weight excluding hydrogens is 553 g/mol. The summed E-state index contributed by atoms with van der Waals surface area (Å²) in [6.45, 7) is 2.08. The summed E-state index contributed by atoms with van der Waals surface area (Å²) in [7, 11) is 1.74. The Morgan fingerprint density at radius 2 is 1.68 bits per heavy atom. The van der Waals surface area contributed by atoms with Crippen molar-refractivity contribution in [2.24, 2.45) is 0 Å². The number of carbonyl (C=O) groups excluding carboxylic acids is 3. The molecule has 4 aromatic carbocycles. The molecule has 5 aromatic rings. The minimum absolute atomic E-state index is 0.239. The molecule has 1 saturated heterocycles. The van der Waals surface area contributed by atoms with Crippen LogP contribution < -0.4 is 15.5 Å². The van der Waals surface area contributed by atoms with Gasteiger partial charge in [0.1, 0.15) is 5.01 Å². The summed E-state index contributed by atoms with van der Waals surface area (Å²) in [5.74, 6) is -0.239. The number of hydrogen-bond donors (Lipinski definition) is 2. The van der Waals surface area contributed by atoms with Gasteiger partial charge in [0.15, 0.2) is 0 Å². The summed E-state index contributed by atoms with van der Waals surface area (Å²) in [5.41, 5.74) is 7.59. The van der Waals surface area contributed by atoms with Gasteiger partial charge in [-0.15, -0.1) is 11.3 Å². The number of nitrogens with one attached hydrogen (secondary N) is 2. The Labute approximate surface area is 245 Å². The molecule has 0 spiro atoms. The molecule has 0 saturated carbocycles. The summed E-state index contributed by atoms with van der Waals surface area (Å²) in [5, 5.41) is 5.56. The maximum absolute atomic E-state index is 13.1. The molecular formula is C32H26N4O3S2. The van der Waals surface area contributed by atoms with Gasteiger partial charge in [0.05, 0.1) is 15.5 Å². The van der Waals surface area contributed by atoms with Crippen molar-refractivity contribution in [3.05, 3.63) is 102 Å².